The summed E-state index contributed by atoms with van der Waals surface area (Å²) in [4.78, 5) is 27.7. The molecule has 0 fully saturated rings. The highest BCUT2D eigenvalue weighted by molar-refractivity contribution is 5.79. The highest BCUT2D eigenvalue weighted by atomic mass is 16.5. The maximum Gasteiger partial charge on any atom is 0.319 e. The van der Waals surface area contributed by atoms with Crippen LogP contribution in [0.4, 0.5) is 0 Å². The molecular formula is C25H24N2O4. The standard InChI is InChI=1S/C25H24N2O4/c28-24(29)13-18(12-17-6-5-11-26-14-17)27-15-25(30)31-16-23-21-9-3-1-7-19(21)20-8-2-4-10-22(20)23/h1-11,14,18,23,27H,12-13,15-16H2,(H,28,29). The Hall–Kier alpha value is -3.51. The van der Waals surface area contributed by atoms with Gasteiger partial charge in [-0.2, -0.15) is 0 Å². The molecule has 0 spiro atoms. The first-order valence-electron chi connectivity index (χ1n) is 10.3. The Balaban J connectivity index is 1.36. The SMILES string of the molecule is O=C(O)CC(Cc1cccnc1)NCC(=O)OCC1c2ccccc2-c2ccccc21. The number of nitrogens with one attached hydrogen (secondary N) is 1. The van der Waals surface area contributed by atoms with E-state index in [1.54, 1.807) is 18.5 Å². The lowest BCUT2D eigenvalue weighted by Gasteiger charge is -2.18. The van der Waals surface area contributed by atoms with E-state index in [4.69, 9.17) is 4.74 Å². The molecule has 1 atom stereocenters. The van der Waals surface area contributed by atoms with E-state index in [2.05, 4.69) is 34.6 Å². The van der Waals surface area contributed by atoms with E-state index in [-0.39, 0.29) is 31.5 Å². The van der Waals surface area contributed by atoms with Gasteiger partial charge in [-0.05, 0) is 40.3 Å². The van der Waals surface area contributed by atoms with Crippen LogP contribution in [-0.4, -0.2) is 41.2 Å². The first kappa shape index (κ1) is 20.8. The number of carbonyl (C=O) groups excluding carboxylic acids is 1. The van der Waals surface area contributed by atoms with Crippen molar-refractivity contribution < 1.29 is 19.4 Å². The zero-order valence-electron chi connectivity index (χ0n) is 17.0. The lowest BCUT2D eigenvalue weighted by Crippen LogP contribution is -2.38. The third-order valence-electron chi connectivity index (χ3n) is 5.53. The Labute approximate surface area is 180 Å². The number of hydrogen-bond donors (Lipinski definition) is 2. The van der Waals surface area contributed by atoms with E-state index in [9.17, 15) is 14.7 Å². The fourth-order valence-electron chi connectivity index (χ4n) is 4.13. The van der Waals surface area contributed by atoms with E-state index in [1.807, 2.05) is 30.3 Å². The van der Waals surface area contributed by atoms with Gasteiger partial charge in [0.25, 0.3) is 0 Å². The van der Waals surface area contributed by atoms with Crippen molar-refractivity contribution in [1.29, 1.82) is 0 Å². The molecule has 3 aromatic rings. The number of aromatic nitrogens is 1. The first-order chi connectivity index (χ1) is 15.1. The van der Waals surface area contributed by atoms with Gasteiger partial charge in [0.15, 0.2) is 0 Å². The normalized spacial score (nSPS) is 13.3. The Kier molecular flexibility index (Phi) is 6.38. The zero-order chi connectivity index (χ0) is 21.6. The fourth-order valence-corrected chi connectivity index (χ4v) is 4.13. The number of hydrogen-bond acceptors (Lipinski definition) is 5. The number of fused-ring (bicyclic) bond motifs is 3. The van der Waals surface area contributed by atoms with E-state index in [0.717, 1.165) is 16.7 Å². The molecular weight excluding hydrogens is 392 g/mol. The summed E-state index contributed by atoms with van der Waals surface area (Å²) in [6.07, 6.45) is 3.74. The van der Waals surface area contributed by atoms with Crippen LogP contribution < -0.4 is 5.32 Å². The van der Waals surface area contributed by atoms with Crippen LogP contribution in [0.25, 0.3) is 11.1 Å². The molecule has 31 heavy (non-hydrogen) atoms. The summed E-state index contributed by atoms with van der Waals surface area (Å²) >= 11 is 0. The number of rotatable bonds is 9. The third-order valence-corrected chi connectivity index (χ3v) is 5.53. The van der Waals surface area contributed by atoms with E-state index in [0.29, 0.717) is 6.42 Å². The second-order valence-corrected chi connectivity index (χ2v) is 7.65. The van der Waals surface area contributed by atoms with Gasteiger partial charge in [0.2, 0.25) is 0 Å². The maximum absolute atomic E-state index is 12.4. The predicted molar refractivity (Wildman–Crippen MR) is 117 cm³/mol. The van der Waals surface area contributed by atoms with E-state index in [1.165, 1.54) is 11.1 Å². The summed E-state index contributed by atoms with van der Waals surface area (Å²) in [6.45, 7) is 0.203. The Morgan fingerprint density at radius 1 is 1.00 bits per heavy atom. The molecule has 6 nitrogen and oxygen atoms in total. The van der Waals surface area contributed by atoms with Crippen molar-refractivity contribution in [3.8, 4) is 11.1 Å². The molecule has 6 heteroatoms. The summed E-state index contributed by atoms with van der Waals surface area (Å²) in [5.41, 5.74) is 5.58. The van der Waals surface area contributed by atoms with Crippen LogP contribution in [0.5, 0.6) is 0 Å². The van der Waals surface area contributed by atoms with Crippen molar-refractivity contribution in [1.82, 2.24) is 10.3 Å². The molecule has 0 saturated carbocycles. The van der Waals surface area contributed by atoms with Gasteiger partial charge in [-0.15, -0.1) is 0 Å². The van der Waals surface area contributed by atoms with Gasteiger partial charge in [0.1, 0.15) is 6.61 Å². The molecule has 1 unspecified atom stereocenters. The quantitative estimate of drug-likeness (QED) is 0.520. The van der Waals surface area contributed by atoms with Crippen molar-refractivity contribution in [2.75, 3.05) is 13.2 Å². The third kappa shape index (κ3) is 4.98. The second-order valence-electron chi connectivity index (χ2n) is 7.65. The summed E-state index contributed by atoms with van der Waals surface area (Å²) in [5.74, 6) is -1.32. The second kappa shape index (κ2) is 9.53. The van der Waals surface area contributed by atoms with E-state index >= 15 is 0 Å². The minimum Gasteiger partial charge on any atom is -0.481 e. The number of esters is 1. The lowest BCUT2D eigenvalue weighted by molar-refractivity contribution is -0.143. The van der Waals surface area contributed by atoms with Gasteiger partial charge in [0, 0.05) is 24.4 Å². The molecule has 1 aromatic heterocycles. The number of carboxylic acid groups (broad SMARTS) is 1. The van der Waals surface area contributed by atoms with Gasteiger partial charge >= 0.3 is 11.9 Å². The largest absolute Gasteiger partial charge is 0.481 e. The maximum atomic E-state index is 12.4. The minimum absolute atomic E-state index is 0.00144. The molecule has 4 rings (SSSR count). The smallest absolute Gasteiger partial charge is 0.319 e. The van der Waals surface area contributed by atoms with Gasteiger partial charge in [0.05, 0.1) is 13.0 Å². The molecule has 158 valence electrons. The molecule has 2 aromatic carbocycles. The topological polar surface area (TPSA) is 88.5 Å². The van der Waals surface area contributed by atoms with Crippen LogP contribution >= 0.6 is 0 Å². The molecule has 0 saturated heterocycles. The summed E-state index contributed by atoms with van der Waals surface area (Å²) in [5, 5.41) is 12.2. The van der Waals surface area contributed by atoms with Crippen LogP contribution in [0, 0.1) is 0 Å². The van der Waals surface area contributed by atoms with Gasteiger partial charge < -0.3 is 15.2 Å². The van der Waals surface area contributed by atoms with Crippen molar-refractivity contribution in [2.45, 2.75) is 24.8 Å². The molecule has 2 N–H and O–H groups in total. The molecule has 0 radical (unpaired) electrons. The molecule has 1 aliphatic rings. The first-order valence-corrected chi connectivity index (χ1v) is 10.3. The van der Waals surface area contributed by atoms with Gasteiger partial charge in [-0.25, -0.2) is 0 Å². The Bertz CT molecular complexity index is 1020. The predicted octanol–water partition coefficient (Wildman–Crippen LogP) is 3.41. The van der Waals surface area contributed by atoms with Crippen molar-refractivity contribution in [3.63, 3.8) is 0 Å². The number of carbonyl (C=O) groups is 2. The van der Waals surface area contributed by atoms with E-state index < -0.39 is 11.9 Å². The van der Waals surface area contributed by atoms with Crippen molar-refractivity contribution in [3.05, 3.63) is 89.7 Å². The van der Waals surface area contributed by atoms with Crippen LogP contribution in [0.15, 0.2) is 73.1 Å². The number of benzene rings is 2. The monoisotopic (exact) mass is 416 g/mol. The van der Waals surface area contributed by atoms with Gasteiger partial charge in [-0.1, -0.05) is 54.6 Å². The average molecular weight is 416 g/mol. The van der Waals surface area contributed by atoms with Crippen molar-refractivity contribution >= 4 is 11.9 Å². The number of ether oxygens (including phenoxy) is 1. The fraction of sp³-hybridized carbons (Fsp3) is 0.240. The molecule has 1 heterocycles. The van der Waals surface area contributed by atoms with Crippen molar-refractivity contribution in [2.24, 2.45) is 0 Å². The van der Waals surface area contributed by atoms with Crippen LogP contribution in [0.1, 0.15) is 29.0 Å². The molecule has 0 amide bonds. The highest BCUT2D eigenvalue weighted by Crippen LogP contribution is 2.44. The minimum atomic E-state index is -0.922. The van der Waals surface area contributed by atoms with Crippen LogP contribution in [0.2, 0.25) is 0 Å². The summed E-state index contributed by atoms with van der Waals surface area (Å²) < 4.78 is 5.58. The zero-order valence-corrected chi connectivity index (χ0v) is 17.0. The highest BCUT2D eigenvalue weighted by Gasteiger charge is 2.29. The number of carboxylic acids is 1. The summed E-state index contributed by atoms with van der Waals surface area (Å²) in [7, 11) is 0. The molecule has 1 aliphatic carbocycles. The Morgan fingerprint density at radius 2 is 1.68 bits per heavy atom. The lowest BCUT2D eigenvalue weighted by atomic mass is 9.98. The van der Waals surface area contributed by atoms with Crippen LogP contribution in [-0.2, 0) is 20.7 Å². The van der Waals surface area contributed by atoms with Crippen LogP contribution in [0.3, 0.4) is 0 Å². The molecule has 0 aliphatic heterocycles. The number of pyridine rings is 1. The van der Waals surface area contributed by atoms with Gasteiger partial charge in [-0.3, -0.25) is 14.6 Å². The number of nitrogens with zero attached hydrogens (tertiary/aromatic N) is 1. The number of aliphatic carboxylic acids is 1. The Morgan fingerprint density at radius 3 is 2.29 bits per heavy atom. The average Bonchev–Trinajstić information content (AvgIpc) is 3.10. The summed E-state index contributed by atoms with van der Waals surface area (Å²) in [6, 6.07) is 19.6. The molecule has 0 bridgehead atoms.